The van der Waals surface area contributed by atoms with Gasteiger partial charge in [0.25, 0.3) is 0 Å². The van der Waals surface area contributed by atoms with Crippen LogP contribution in [0.5, 0.6) is 0 Å². The molecule has 0 saturated heterocycles. The molecule has 0 amide bonds. The zero-order valence-corrected chi connectivity index (χ0v) is 31.5. The predicted molar refractivity (Wildman–Crippen MR) is 241 cm³/mol. The molecule has 4 nitrogen and oxygen atoms in total. The van der Waals surface area contributed by atoms with Crippen LogP contribution in [0.1, 0.15) is 0 Å². The molecule has 0 bridgehead atoms. The zero-order valence-electron chi connectivity index (χ0n) is 31.5. The summed E-state index contributed by atoms with van der Waals surface area (Å²) in [6.45, 7) is 0. The summed E-state index contributed by atoms with van der Waals surface area (Å²) < 4.78 is 12.3. The van der Waals surface area contributed by atoms with Gasteiger partial charge in [-0.15, -0.1) is 0 Å². The van der Waals surface area contributed by atoms with Crippen LogP contribution in [0.4, 0.5) is 34.1 Å². The molecule has 58 heavy (non-hydrogen) atoms. The molecule has 11 aromatic rings. The van der Waals surface area contributed by atoms with E-state index in [4.69, 9.17) is 8.83 Å². The molecule has 0 spiro atoms. The molecular weight excluding hydrogens is 709 g/mol. The van der Waals surface area contributed by atoms with Crippen molar-refractivity contribution in [1.82, 2.24) is 0 Å². The molecule has 0 fully saturated rings. The molecule has 0 aliphatic carbocycles. The van der Waals surface area contributed by atoms with Crippen molar-refractivity contribution in [3.8, 4) is 22.3 Å². The van der Waals surface area contributed by atoms with E-state index < -0.39 is 0 Å². The molecule has 11 rings (SSSR count). The molecule has 0 atom stereocenters. The number of hydrogen-bond donors (Lipinski definition) is 0. The summed E-state index contributed by atoms with van der Waals surface area (Å²) in [4.78, 5) is 4.62. The summed E-state index contributed by atoms with van der Waals surface area (Å²) in [7, 11) is 0. The van der Waals surface area contributed by atoms with Gasteiger partial charge in [-0.05, 0) is 125 Å². The number of fused-ring (bicyclic) bond motifs is 6. The monoisotopic (exact) mass is 744 g/mol. The number of anilines is 6. The van der Waals surface area contributed by atoms with Gasteiger partial charge in [0.2, 0.25) is 0 Å². The van der Waals surface area contributed by atoms with Crippen molar-refractivity contribution >= 4 is 78.0 Å². The highest BCUT2D eigenvalue weighted by Gasteiger charge is 2.18. The van der Waals surface area contributed by atoms with Crippen LogP contribution in [0.15, 0.2) is 227 Å². The topological polar surface area (TPSA) is 32.8 Å². The third kappa shape index (κ3) is 5.96. The van der Waals surface area contributed by atoms with Crippen LogP contribution >= 0.6 is 0 Å². The van der Waals surface area contributed by atoms with Gasteiger partial charge in [0, 0.05) is 55.7 Å². The van der Waals surface area contributed by atoms with Crippen LogP contribution in [0.25, 0.3) is 66.1 Å². The lowest BCUT2D eigenvalue weighted by Gasteiger charge is -2.26. The lowest BCUT2D eigenvalue weighted by atomic mass is 9.98. The van der Waals surface area contributed by atoms with Crippen LogP contribution < -0.4 is 9.80 Å². The number of rotatable bonds is 8. The minimum absolute atomic E-state index is 0.883. The molecule has 0 aliphatic rings. The van der Waals surface area contributed by atoms with Crippen LogP contribution in [-0.2, 0) is 0 Å². The molecule has 9 aromatic carbocycles. The molecule has 0 saturated carbocycles. The summed E-state index contributed by atoms with van der Waals surface area (Å²) in [6.07, 6.45) is 0. The van der Waals surface area contributed by atoms with E-state index >= 15 is 0 Å². The molecule has 0 aliphatic heterocycles. The second-order valence-corrected chi connectivity index (χ2v) is 14.6. The standard InChI is InChI=1S/C54H36N2O2/c1-3-16-41(17-4-1)55(45-29-31-53-49(35-45)47-21-7-9-23-51(47)57-53)43-27-25-37(26-28-43)38-13-11-14-39(33-38)40-15-12-20-44(34-40)56(42-18-5-2-6-19-42)46-30-32-54-50(36-46)48-22-8-10-24-52(48)58-54/h1-36H. The largest absolute Gasteiger partial charge is 0.456 e. The Bertz CT molecular complexity index is 3240. The number of benzene rings is 9. The highest BCUT2D eigenvalue weighted by atomic mass is 16.3. The maximum absolute atomic E-state index is 6.18. The van der Waals surface area contributed by atoms with E-state index in [-0.39, 0.29) is 0 Å². The quantitative estimate of drug-likeness (QED) is 0.155. The van der Waals surface area contributed by atoms with Gasteiger partial charge in [0.1, 0.15) is 22.3 Å². The molecule has 274 valence electrons. The first-order valence-electron chi connectivity index (χ1n) is 19.6. The van der Waals surface area contributed by atoms with Gasteiger partial charge >= 0.3 is 0 Å². The summed E-state index contributed by atoms with van der Waals surface area (Å²) in [5.41, 5.74) is 14.6. The summed E-state index contributed by atoms with van der Waals surface area (Å²) in [6, 6.07) is 77.0. The van der Waals surface area contributed by atoms with E-state index in [0.29, 0.717) is 0 Å². The highest BCUT2D eigenvalue weighted by molar-refractivity contribution is 6.07. The number of para-hydroxylation sites is 4. The highest BCUT2D eigenvalue weighted by Crippen LogP contribution is 2.42. The Morgan fingerprint density at radius 3 is 1.17 bits per heavy atom. The summed E-state index contributed by atoms with van der Waals surface area (Å²) in [5.74, 6) is 0. The molecule has 0 unspecified atom stereocenters. The molecule has 2 heterocycles. The van der Waals surface area contributed by atoms with Gasteiger partial charge in [-0.25, -0.2) is 0 Å². The predicted octanol–water partition coefficient (Wildman–Crippen LogP) is 15.8. The van der Waals surface area contributed by atoms with Crippen LogP contribution in [0.3, 0.4) is 0 Å². The van der Waals surface area contributed by atoms with E-state index in [1.54, 1.807) is 0 Å². The smallest absolute Gasteiger partial charge is 0.135 e. The Labute approximate surface area is 336 Å². The SMILES string of the molecule is c1ccc(N(c2ccc(-c3cccc(-c4cccc(N(c5ccccc5)c5ccc6oc7ccccc7c6c5)c4)c3)cc2)c2ccc3oc4ccccc4c3c2)cc1. The average Bonchev–Trinajstić information content (AvgIpc) is 3.86. The zero-order chi connectivity index (χ0) is 38.4. The van der Waals surface area contributed by atoms with E-state index in [1.165, 1.54) is 0 Å². The Balaban J connectivity index is 0.941. The van der Waals surface area contributed by atoms with Gasteiger partial charge in [-0.3, -0.25) is 0 Å². The first kappa shape index (κ1) is 33.5. The van der Waals surface area contributed by atoms with Gasteiger partial charge in [-0.2, -0.15) is 0 Å². The fraction of sp³-hybridized carbons (Fsp3) is 0. The molecule has 2 aromatic heterocycles. The Hall–Kier alpha value is -7.82. The third-order valence-corrected chi connectivity index (χ3v) is 11.0. The van der Waals surface area contributed by atoms with Crippen molar-refractivity contribution in [2.24, 2.45) is 0 Å². The third-order valence-electron chi connectivity index (χ3n) is 11.0. The Morgan fingerprint density at radius 2 is 0.603 bits per heavy atom. The lowest BCUT2D eigenvalue weighted by Crippen LogP contribution is -2.09. The molecule has 4 heteroatoms. The number of furan rings is 2. The van der Waals surface area contributed by atoms with Crippen LogP contribution in [0, 0.1) is 0 Å². The normalized spacial score (nSPS) is 11.4. The lowest BCUT2D eigenvalue weighted by molar-refractivity contribution is 0.668. The maximum atomic E-state index is 6.18. The molecule has 0 radical (unpaired) electrons. The first-order chi connectivity index (χ1) is 28.7. The second kappa shape index (κ2) is 14.0. The Kier molecular flexibility index (Phi) is 8.11. The van der Waals surface area contributed by atoms with Crippen molar-refractivity contribution in [2.75, 3.05) is 9.80 Å². The number of nitrogens with zero attached hydrogens (tertiary/aromatic N) is 2. The fourth-order valence-corrected chi connectivity index (χ4v) is 8.26. The fourth-order valence-electron chi connectivity index (χ4n) is 8.26. The summed E-state index contributed by atoms with van der Waals surface area (Å²) >= 11 is 0. The van der Waals surface area contributed by atoms with Crippen LogP contribution in [0.2, 0.25) is 0 Å². The van der Waals surface area contributed by atoms with Crippen molar-refractivity contribution in [3.05, 3.63) is 218 Å². The van der Waals surface area contributed by atoms with Crippen molar-refractivity contribution in [3.63, 3.8) is 0 Å². The van der Waals surface area contributed by atoms with E-state index in [0.717, 1.165) is 100 Å². The van der Waals surface area contributed by atoms with E-state index in [1.807, 2.05) is 24.3 Å². The van der Waals surface area contributed by atoms with Gasteiger partial charge in [0.05, 0.1) is 0 Å². The van der Waals surface area contributed by atoms with Gasteiger partial charge < -0.3 is 18.6 Å². The van der Waals surface area contributed by atoms with Crippen molar-refractivity contribution in [1.29, 1.82) is 0 Å². The second-order valence-electron chi connectivity index (χ2n) is 14.6. The minimum Gasteiger partial charge on any atom is -0.456 e. The van der Waals surface area contributed by atoms with E-state index in [9.17, 15) is 0 Å². The average molecular weight is 745 g/mol. The van der Waals surface area contributed by atoms with Crippen LogP contribution in [-0.4, -0.2) is 0 Å². The van der Waals surface area contributed by atoms with Crippen molar-refractivity contribution in [2.45, 2.75) is 0 Å². The minimum atomic E-state index is 0.883. The maximum Gasteiger partial charge on any atom is 0.135 e. The van der Waals surface area contributed by atoms with Crippen molar-refractivity contribution < 1.29 is 8.83 Å². The molecule has 0 N–H and O–H groups in total. The molecular formula is C54H36N2O2. The Morgan fingerprint density at radius 1 is 0.224 bits per heavy atom. The first-order valence-corrected chi connectivity index (χ1v) is 19.6. The van der Waals surface area contributed by atoms with Gasteiger partial charge in [0.15, 0.2) is 0 Å². The summed E-state index contributed by atoms with van der Waals surface area (Å²) in [5, 5.41) is 4.43. The number of hydrogen-bond acceptors (Lipinski definition) is 4. The van der Waals surface area contributed by atoms with Gasteiger partial charge in [-0.1, -0.05) is 115 Å². The van der Waals surface area contributed by atoms with E-state index in [2.05, 4.69) is 204 Å².